The second-order valence-corrected chi connectivity index (χ2v) is 4.85. The molecule has 0 aliphatic carbocycles. The SMILES string of the molecule is COc1ccc(C(N)c2c(F)cccc2F)c(Br)c1. The fraction of sp³-hybridized carbons (Fsp3) is 0.143. The smallest absolute Gasteiger partial charge is 0.131 e. The molecule has 19 heavy (non-hydrogen) atoms. The lowest BCUT2D eigenvalue weighted by Gasteiger charge is -2.16. The summed E-state index contributed by atoms with van der Waals surface area (Å²) < 4.78 is 33.1. The van der Waals surface area contributed by atoms with Crippen molar-refractivity contribution in [1.82, 2.24) is 0 Å². The van der Waals surface area contributed by atoms with Crippen LogP contribution in [0.15, 0.2) is 40.9 Å². The minimum Gasteiger partial charge on any atom is -0.497 e. The summed E-state index contributed by atoms with van der Waals surface area (Å²) in [7, 11) is 1.54. The number of benzene rings is 2. The van der Waals surface area contributed by atoms with Gasteiger partial charge in [0.05, 0.1) is 13.2 Å². The number of methoxy groups -OCH3 is 1. The molecular formula is C14H12BrF2NO. The summed E-state index contributed by atoms with van der Waals surface area (Å²) in [6.45, 7) is 0. The Hall–Kier alpha value is -1.46. The summed E-state index contributed by atoms with van der Waals surface area (Å²) in [5.74, 6) is -0.678. The highest BCUT2D eigenvalue weighted by Crippen LogP contribution is 2.32. The van der Waals surface area contributed by atoms with Crippen molar-refractivity contribution in [3.8, 4) is 5.75 Å². The van der Waals surface area contributed by atoms with Gasteiger partial charge in [0.2, 0.25) is 0 Å². The van der Waals surface area contributed by atoms with Crippen LogP contribution in [-0.4, -0.2) is 7.11 Å². The van der Waals surface area contributed by atoms with E-state index >= 15 is 0 Å². The Balaban J connectivity index is 2.47. The molecule has 0 saturated heterocycles. The van der Waals surface area contributed by atoms with Crippen LogP contribution in [0.3, 0.4) is 0 Å². The molecule has 0 bridgehead atoms. The zero-order chi connectivity index (χ0) is 14.0. The molecule has 1 unspecified atom stereocenters. The molecule has 2 aromatic carbocycles. The Kier molecular flexibility index (Phi) is 4.17. The third-order valence-electron chi connectivity index (χ3n) is 2.85. The number of hydrogen-bond donors (Lipinski definition) is 1. The number of nitrogens with two attached hydrogens (primary N) is 1. The van der Waals surface area contributed by atoms with Gasteiger partial charge in [0.15, 0.2) is 0 Å². The second kappa shape index (κ2) is 5.67. The van der Waals surface area contributed by atoms with Gasteiger partial charge in [-0.2, -0.15) is 0 Å². The van der Waals surface area contributed by atoms with E-state index in [1.54, 1.807) is 18.2 Å². The zero-order valence-corrected chi connectivity index (χ0v) is 11.7. The first kappa shape index (κ1) is 14.0. The lowest BCUT2D eigenvalue weighted by molar-refractivity contribution is 0.414. The predicted octanol–water partition coefficient (Wildman–Crippen LogP) is 3.78. The van der Waals surface area contributed by atoms with E-state index in [0.29, 0.717) is 15.8 Å². The Bertz CT molecular complexity index is 584. The third-order valence-corrected chi connectivity index (χ3v) is 3.54. The summed E-state index contributed by atoms with van der Waals surface area (Å²) in [4.78, 5) is 0. The molecule has 5 heteroatoms. The predicted molar refractivity (Wildman–Crippen MR) is 73.1 cm³/mol. The van der Waals surface area contributed by atoms with Crippen molar-refractivity contribution in [1.29, 1.82) is 0 Å². The van der Waals surface area contributed by atoms with Crippen molar-refractivity contribution in [2.24, 2.45) is 5.73 Å². The van der Waals surface area contributed by atoms with E-state index in [4.69, 9.17) is 10.5 Å². The molecule has 0 aliphatic rings. The van der Waals surface area contributed by atoms with Crippen molar-refractivity contribution in [3.05, 3.63) is 63.6 Å². The maximum atomic E-state index is 13.7. The molecule has 0 fully saturated rings. The van der Waals surface area contributed by atoms with Gasteiger partial charge < -0.3 is 10.5 Å². The molecule has 1 atom stereocenters. The normalized spacial score (nSPS) is 12.3. The first-order valence-corrected chi connectivity index (χ1v) is 6.37. The van der Waals surface area contributed by atoms with Gasteiger partial charge in [-0.25, -0.2) is 8.78 Å². The molecule has 0 saturated carbocycles. The maximum Gasteiger partial charge on any atom is 0.131 e. The number of halogens is 3. The van der Waals surface area contributed by atoms with Crippen LogP contribution in [0.25, 0.3) is 0 Å². The first-order chi connectivity index (χ1) is 9.04. The quantitative estimate of drug-likeness (QED) is 0.931. The van der Waals surface area contributed by atoms with Crippen molar-refractivity contribution in [2.75, 3.05) is 7.11 Å². The van der Waals surface area contributed by atoms with E-state index in [1.807, 2.05) is 0 Å². The summed E-state index contributed by atoms with van der Waals surface area (Å²) >= 11 is 3.33. The van der Waals surface area contributed by atoms with Crippen LogP contribution in [0.4, 0.5) is 8.78 Å². The van der Waals surface area contributed by atoms with Gasteiger partial charge in [-0.3, -0.25) is 0 Å². The van der Waals surface area contributed by atoms with Crippen LogP contribution in [0, 0.1) is 11.6 Å². The monoisotopic (exact) mass is 327 g/mol. The minimum atomic E-state index is -0.888. The summed E-state index contributed by atoms with van der Waals surface area (Å²) in [6, 6.07) is 7.88. The summed E-state index contributed by atoms with van der Waals surface area (Å²) in [5, 5.41) is 0. The van der Waals surface area contributed by atoms with E-state index in [-0.39, 0.29) is 5.56 Å². The van der Waals surface area contributed by atoms with Crippen molar-refractivity contribution < 1.29 is 13.5 Å². The number of ether oxygens (including phenoxy) is 1. The molecule has 2 aromatic rings. The topological polar surface area (TPSA) is 35.2 Å². The van der Waals surface area contributed by atoms with Gasteiger partial charge in [-0.1, -0.05) is 28.1 Å². The molecule has 2 N–H and O–H groups in total. The molecule has 100 valence electrons. The highest BCUT2D eigenvalue weighted by molar-refractivity contribution is 9.10. The van der Waals surface area contributed by atoms with E-state index in [0.717, 1.165) is 0 Å². The first-order valence-electron chi connectivity index (χ1n) is 5.57. The highest BCUT2D eigenvalue weighted by atomic mass is 79.9. The average molecular weight is 328 g/mol. The Labute approximate surface area is 118 Å². The van der Waals surface area contributed by atoms with E-state index < -0.39 is 17.7 Å². The Morgan fingerprint density at radius 2 is 1.79 bits per heavy atom. The van der Waals surface area contributed by atoms with Crippen molar-refractivity contribution >= 4 is 15.9 Å². The Morgan fingerprint density at radius 1 is 1.16 bits per heavy atom. The summed E-state index contributed by atoms with van der Waals surface area (Å²) in [6.07, 6.45) is 0. The van der Waals surface area contributed by atoms with E-state index in [9.17, 15) is 8.78 Å². The molecule has 0 amide bonds. The molecular weight excluding hydrogens is 316 g/mol. The summed E-state index contributed by atoms with van der Waals surface area (Å²) in [5.41, 5.74) is 6.40. The molecule has 0 aromatic heterocycles. The molecule has 2 nitrogen and oxygen atoms in total. The largest absolute Gasteiger partial charge is 0.497 e. The fourth-order valence-electron chi connectivity index (χ4n) is 1.85. The van der Waals surface area contributed by atoms with Gasteiger partial charge in [0, 0.05) is 10.0 Å². The number of rotatable bonds is 3. The van der Waals surface area contributed by atoms with Crippen LogP contribution >= 0.6 is 15.9 Å². The maximum absolute atomic E-state index is 13.7. The molecule has 2 rings (SSSR count). The lowest BCUT2D eigenvalue weighted by atomic mass is 9.98. The van der Waals surface area contributed by atoms with Crippen molar-refractivity contribution in [2.45, 2.75) is 6.04 Å². The molecule has 0 heterocycles. The molecule has 0 aliphatic heterocycles. The van der Waals surface area contributed by atoms with Gasteiger partial charge in [0.1, 0.15) is 17.4 Å². The Morgan fingerprint density at radius 3 is 2.32 bits per heavy atom. The van der Waals surface area contributed by atoms with Gasteiger partial charge >= 0.3 is 0 Å². The van der Waals surface area contributed by atoms with Gasteiger partial charge in [-0.15, -0.1) is 0 Å². The lowest BCUT2D eigenvalue weighted by Crippen LogP contribution is -2.16. The molecule has 0 spiro atoms. The second-order valence-electron chi connectivity index (χ2n) is 4.00. The standard InChI is InChI=1S/C14H12BrF2NO/c1-19-8-5-6-9(10(15)7-8)14(18)13-11(16)3-2-4-12(13)17/h2-7,14H,18H2,1H3. The van der Waals surface area contributed by atoms with Crippen LogP contribution in [0.5, 0.6) is 5.75 Å². The van der Waals surface area contributed by atoms with Crippen molar-refractivity contribution in [3.63, 3.8) is 0 Å². The minimum absolute atomic E-state index is 0.145. The fourth-order valence-corrected chi connectivity index (χ4v) is 2.45. The van der Waals surface area contributed by atoms with E-state index in [1.165, 1.54) is 25.3 Å². The van der Waals surface area contributed by atoms with Crippen LogP contribution in [0.2, 0.25) is 0 Å². The zero-order valence-electron chi connectivity index (χ0n) is 10.2. The number of hydrogen-bond acceptors (Lipinski definition) is 2. The van der Waals surface area contributed by atoms with Crippen LogP contribution < -0.4 is 10.5 Å². The highest BCUT2D eigenvalue weighted by Gasteiger charge is 2.20. The third kappa shape index (κ3) is 2.77. The average Bonchev–Trinajstić information content (AvgIpc) is 2.38. The van der Waals surface area contributed by atoms with Gasteiger partial charge in [-0.05, 0) is 29.8 Å². The van der Waals surface area contributed by atoms with Gasteiger partial charge in [0.25, 0.3) is 0 Å². The van der Waals surface area contributed by atoms with Crippen LogP contribution in [-0.2, 0) is 0 Å². The molecule has 0 radical (unpaired) electrons. The van der Waals surface area contributed by atoms with E-state index in [2.05, 4.69) is 15.9 Å². The van der Waals surface area contributed by atoms with Crippen LogP contribution in [0.1, 0.15) is 17.2 Å².